The minimum Gasteiger partial charge on any atom is -0.496 e. The van der Waals surface area contributed by atoms with Gasteiger partial charge in [-0.25, -0.2) is 4.39 Å². The van der Waals surface area contributed by atoms with Crippen LogP contribution in [0.1, 0.15) is 24.0 Å². The minimum absolute atomic E-state index is 0.131. The summed E-state index contributed by atoms with van der Waals surface area (Å²) in [5, 5.41) is 0. The Kier molecular flexibility index (Phi) is 4.55. The van der Waals surface area contributed by atoms with Crippen LogP contribution in [0.2, 0.25) is 0 Å². The van der Waals surface area contributed by atoms with E-state index in [1.807, 2.05) is 6.92 Å². The van der Waals surface area contributed by atoms with Gasteiger partial charge in [-0.3, -0.25) is 0 Å². The lowest BCUT2D eigenvalue weighted by Crippen LogP contribution is -2.10. The number of rotatable bonds is 5. The normalized spacial score (nSPS) is 12.3. The van der Waals surface area contributed by atoms with E-state index in [4.69, 9.17) is 15.2 Å². The van der Waals surface area contributed by atoms with Gasteiger partial charge in [0.2, 0.25) is 0 Å². The van der Waals surface area contributed by atoms with Crippen LogP contribution in [0.25, 0.3) is 0 Å². The molecule has 4 heteroatoms. The van der Waals surface area contributed by atoms with Gasteiger partial charge in [-0.2, -0.15) is 0 Å². The van der Waals surface area contributed by atoms with E-state index in [0.717, 1.165) is 5.56 Å². The van der Waals surface area contributed by atoms with Gasteiger partial charge in [-0.15, -0.1) is 0 Å². The van der Waals surface area contributed by atoms with Crippen molar-refractivity contribution in [3.63, 3.8) is 0 Å². The van der Waals surface area contributed by atoms with Crippen molar-refractivity contribution in [2.75, 3.05) is 20.8 Å². The molecule has 3 nitrogen and oxygen atoms in total. The van der Waals surface area contributed by atoms with Crippen LogP contribution in [0.3, 0.4) is 0 Å². The lowest BCUT2D eigenvalue weighted by molar-refractivity contribution is 0.377. The van der Waals surface area contributed by atoms with Gasteiger partial charge >= 0.3 is 0 Å². The molecule has 0 saturated heterocycles. The highest BCUT2D eigenvalue weighted by Crippen LogP contribution is 2.33. The number of halogens is 1. The number of nitrogens with two attached hydrogens (primary N) is 1. The summed E-state index contributed by atoms with van der Waals surface area (Å²) in [6, 6.07) is 3.46. The van der Waals surface area contributed by atoms with Gasteiger partial charge in [0, 0.05) is 11.6 Å². The fraction of sp³-hybridized carbons (Fsp3) is 0.500. The van der Waals surface area contributed by atoms with Gasteiger partial charge in [-0.1, -0.05) is 6.92 Å². The van der Waals surface area contributed by atoms with Crippen molar-refractivity contribution in [3.05, 3.63) is 23.3 Å². The molecule has 0 aromatic heterocycles. The van der Waals surface area contributed by atoms with Crippen LogP contribution in [0.5, 0.6) is 11.5 Å². The number of hydrogen-bond donors (Lipinski definition) is 1. The number of hydrogen-bond acceptors (Lipinski definition) is 3. The highest BCUT2D eigenvalue weighted by molar-refractivity contribution is 5.48. The summed E-state index contributed by atoms with van der Waals surface area (Å²) in [4.78, 5) is 0. The Balaban J connectivity index is 3.25. The maximum atomic E-state index is 12.8. The average Bonchev–Trinajstić information content (AvgIpc) is 2.35. The Morgan fingerprint density at radius 1 is 1.25 bits per heavy atom. The van der Waals surface area contributed by atoms with E-state index in [2.05, 4.69) is 0 Å². The van der Waals surface area contributed by atoms with Crippen LogP contribution in [-0.4, -0.2) is 20.8 Å². The third-order valence-corrected chi connectivity index (χ3v) is 2.66. The van der Waals surface area contributed by atoms with Crippen LogP contribution in [-0.2, 0) is 6.67 Å². The molecule has 16 heavy (non-hydrogen) atoms. The summed E-state index contributed by atoms with van der Waals surface area (Å²) < 4.78 is 23.2. The molecule has 2 N–H and O–H groups in total. The van der Waals surface area contributed by atoms with Gasteiger partial charge in [0.25, 0.3) is 0 Å². The second kappa shape index (κ2) is 5.70. The Hall–Kier alpha value is -1.29. The predicted octanol–water partition coefficient (Wildman–Crippen LogP) is 2.24. The molecule has 0 aliphatic carbocycles. The van der Waals surface area contributed by atoms with Crippen LogP contribution in [0, 0.1) is 0 Å². The van der Waals surface area contributed by atoms with Crippen molar-refractivity contribution >= 4 is 0 Å². The summed E-state index contributed by atoms with van der Waals surface area (Å²) in [7, 11) is 3.09. The molecule has 0 aliphatic rings. The van der Waals surface area contributed by atoms with E-state index in [1.54, 1.807) is 19.2 Å². The van der Waals surface area contributed by atoms with Crippen molar-refractivity contribution in [3.8, 4) is 11.5 Å². The highest BCUT2D eigenvalue weighted by atomic mass is 19.1. The molecule has 1 unspecified atom stereocenters. The standard InChI is InChI=1S/C12H18FNO2/c1-8(7-14)10-4-9(6-13)11(15-2)5-12(10)16-3/h4-5,8H,6-7,14H2,1-3H3. The predicted molar refractivity (Wildman–Crippen MR) is 61.8 cm³/mol. The van der Waals surface area contributed by atoms with E-state index in [0.29, 0.717) is 23.6 Å². The van der Waals surface area contributed by atoms with Crippen LogP contribution < -0.4 is 15.2 Å². The monoisotopic (exact) mass is 227 g/mol. The third-order valence-electron chi connectivity index (χ3n) is 2.66. The van der Waals surface area contributed by atoms with E-state index >= 15 is 0 Å². The van der Waals surface area contributed by atoms with E-state index in [9.17, 15) is 4.39 Å². The topological polar surface area (TPSA) is 44.5 Å². The zero-order valence-corrected chi connectivity index (χ0v) is 9.92. The molecule has 0 spiro atoms. The fourth-order valence-electron chi connectivity index (χ4n) is 1.61. The SMILES string of the molecule is COc1cc(OC)c(C(C)CN)cc1CF. The molecule has 0 radical (unpaired) electrons. The van der Waals surface area contributed by atoms with Gasteiger partial charge in [0.05, 0.1) is 14.2 Å². The Morgan fingerprint density at radius 3 is 2.31 bits per heavy atom. The molecule has 0 bridgehead atoms. The molecule has 0 saturated carbocycles. The molecular formula is C12H18FNO2. The average molecular weight is 227 g/mol. The number of methoxy groups -OCH3 is 2. The first-order valence-corrected chi connectivity index (χ1v) is 5.18. The van der Waals surface area contributed by atoms with Gasteiger partial charge < -0.3 is 15.2 Å². The maximum Gasteiger partial charge on any atom is 0.128 e. The Bertz CT molecular complexity index is 355. The summed E-state index contributed by atoms with van der Waals surface area (Å²) in [6.45, 7) is 1.91. The van der Waals surface area contributed by atoms with Gasteiger partial charge in [0.15, 0.2) is 0 Å². The third kappa shape index (κ3) is 2.44. The molecule has 1 rings (SSSR count). The van der Waals surface area contributed by atoms with Crippen molar-refractivity contribution in [2.24, 2.45) is 5.73 Å². The highest BCUT2D eigenvalue weighted by Gasteiger charge is 2.15. The lowest BCUT2D eigenvalue weighted by Gasteiger charge is -2.17. The molecule has 0 amide bonds. The molecule has 0 fully saturated rings. The fourth-order valence-corrected chi connectivity index (χ4v) is 1.61. The van der Waals surface area contributed by atoms with Crippen molar-refractivity contribution in [2.45, 2.75) is 19.5 Å². The second-order valence-corrected chi connectivity index (χ2v) is 3.68. The molecular weight excluding hydrogens is 209 g/mol. The number of benzene rings is 1. The van der Waals surface area contributed by atoms with Crippen LogP contribution in [0.15, 0.2) is 12.1 Å². The summed E-state index contributed by atoms with van der Waals surface area (Å²) in [6.07, 6.45) is 0. The Morgan fingerprint density at radius 2 is 1.88 bits per heavy atom. The first kappa shape index (κ1) is 12.8. The largest absolute Gasteiger partial charge is 0.496 e. The quantitative estimate of drug-likeness (QED) is 0.839. The summed E-state index contributed by atoms with van der Waals surface area (Å²) >= 11 is 0. The van der Waals surface area contributed by atoms with E-state index < -0.39 is 6.67 Å². The van der Waals surface area contributed by atoms with Gasteiger partial charge in [0.1, 0.15) is 18.2 Å². The van der Waals surface area contributed by atoms with Crippen molar-refractivity contribution < 1.29 is 13.9 Å². The van der Waals surface area contributed by atoms with Crippen molar-refractivity contribution in [1.82, 2.24) is 0 Å². The van der Waals surface area contributed by atoms with E-state index in [-0.39, 0.29) is 5.92 Å². The lowest BCUT2D eigenvalue weighted by atomic mass is 9.97. The molecule has 1 aromatic carbocycles. The summed E-state index contributed by atoms with van der Waals surface area (Å²) in [5.41, 5.74) is 7.05. The van der Waals surface area contributed by atoms with Crippen LogP contribution >= 0.6 is 0 Å². The molecule has 1 aromatic rings. The number of alkyl halides is 1. The van der Waals surface area contributed by atoms with Crippen LogP contribution in [0.4, 0.5) is 4.39 Å². The minimum atomic E-state index is -0.558. The zero-order chi connectivity index (χ0) is 12.1. The van der Waals surface area contributed by atoms with E-state index in [1.165, 1.54) is 7.11 Å². The summed E-state index contributed by atoms with van der Waals surface area (Å²) in [5.74, 6) is 1.32. The maximum absolute atomic E-state index is 12.8. The second-order valence-electron chi connectivity index (χ2n) is 3.68. The smallest absolute Gasteiger partial charge is 0.128 e. The molecule has 0 heterocycles. The zero-order valence-electron chi connectivity index (χ0n) is 9.92. The number of ether oxygens (including phenoxy) is 2. The van der Waals surface area contributed by atoms with Crippen molar-refractivity contribution in [1.29, 1.82) is 0 Å². The molecule has 1 atom stereocenters. The van der Waals surface area contributed by atoms with Gasteiger partial charge in [-0.05, 0) is 24.1 Å². The first-order chi connectivity index (χ1) is 7.67. The Labute approximate surface area is 95.4 Å². The first-order valence-electron chi connectivity index (χ1n) is 5.18. The molecule has 0 aliphatic heterocycles. The molecule has 90 valence electrons.